The fourth-order valence-corrected chi connectivity index (χ4v) is 2.96. The van der Waals surface area contributed by atoms with Crippen LogP contribution in [0.5, 0.6) is 0 Å². The third-order valence-corrected chi connectivity index (χ3v) is 4.57. The van der Waals surface area contributed by atoms with Gasteiger partial charge in [0.05, 0.1) is 12.7 Å². The Morgan fingerprint density at radius 1 is 0.917 bits per heavy atom. The highest BCUT2D eigenvalue weighted by atomic mass is 16.4. The molecule has 0 aliphatic heterocycles. The van der Waals surface area contributed by atoms with Crippen LogP contribution >= 0.6 is 0 Å². The van der Waals surface area contributed by atoms with Gasteiger partial charge in [-0.1, -0.05) is 57.6 Å². The van der Waals surface area contributed by atoms with Crippen molar-refractivity contribution in [3.8, 4) is 0 Å². The zero-order valence-electron chi connectivity index (χ0n) is 14.4. The molecule has 0 radical (unpaired) electrons. The molecule has 1 aliphatic carbocycles. The predicted molar refractivity (Wildman–Crippen MR) is 91.3 cm³/mol. The van der Waals surface area contributed by atoms with Gasteiger partial charge in [0.15, 0.2) is 0 Å². The molecule has 0 heterocycles. The normalized spacial score (nSPS) is 29.5. The van der Waals surface area contributed by atoms with Gasteiger partial charge in [-0.05, 0) is 17.6 Å². The largest absolute Gasteiger partial charge is 0.392 e. The van der Waals surface area contributed by atoms with Gasteiger partial charge in [-0.2, -0.15) is 0 Å². The smallest absolute Gasteiger partial charge is 0.113 e. The van der Waals surface area contributed by atoms with Gasteiger partial charge < -0.3 is 30.6 Å². The number of hydrogen-bond donors (Lipinski definition) is 6. The molecule has 5 atom stereocenters. The Bertz CT molecular complexity index is 420. The van der Waals surface area contributed by atoms with Crippen LogP contribution in [0, 0.1) is 0 Å². The summed E-state index contributed by atoms with van der Waals surface area (Å²) >= 11 is 0. The Morgan fingerprint density at radius 3 is 2.12 bits per heavy atom. The van der Waals surface area contributed by atoms with Crippen LogP contribution in [0.4, 0.5) is 0 Å². The van der Waals surface area contributed by atoms with E-state index in [-0.39, 0.29) is 11.1 Å². The van der Waals surface area contributed by atoms with Crippen molar-refractivity contribution >= 4 is 0 Å². The Morgan fingerprint density at radius 2 is 1.50 bits per heavy atom. The summed E-state index contributed by atoms with van der Waals surface area (Å²) in [5.74, 6) is 0. The van der Waals surface area contributed by atoms with E-state index in [0.29, 0.717) is 6.42 Å². The summed E-state index contributed by atoms with van der Waals surface area (Å²) in [6, 6.07) is 0. The fourth-order valence-electron chi connectivity index (χ4n) is 2.96. The van der Waals surface area contributed by atoms with Crippen LogP contribution in [0.2, 0.25) is 0 Å². The van der Waals surface area contributed by atoms with Crippen molar-refractivity contribution in [1.82, 2.24) is 0 Å². The highest BCUT2D eigenvalue weighted by Gasteiger charge is 2.40. The summed E-state index contributed by atoms with van der Waals surface area (Å²) in [5, 5.41) is 58.6. The predicted octanol–water partition coefficient (Wildman–Crippen LogP) is 0.400. The molecule has 0 spiro atoms. The highest BCUT2D eigenvalue weighted by Crippen LogP contribution is 2.27. The Hall–Kier alpha value is -0.760. The van der Waals surface area contributed by atoms with E-state index < -0.39 is 37.1 Å². The third-order valence-electron chi connectivity index (χ3n) is 4.57. The van der Waals surface area contributed by atoms with Crippen molar-refractivity contribution in [1.29, 1.82) is 0 Å². The molecule has 0 bridgehead atoms. The quantitative estimate of drug-likeness (QED) is 0.319. The summed E-state index contributed by atoms with van der Waals surface area (Å²) in [5.41, 5.74) is 0.202. The highest BCUT2D eigenvalue weighted by molar-refractivity contribution is 5.37. The van der Waals surface area contributed by atoms with Crippen LogP contribution in [0.1, 0.15) is 51.9 Å². The SMILES string of the molecule is CCCCCCCCC(O)C=CC1=C(CO)C(O)C(O)C(O)C1O. The van der Waals surface area contributed by atoms with Gasteiger partial charge in [0.1, 0.15) is 24.4 Å². The first-order valence-corrected chi connectivity index (χ1v) is 8.86. The first-order valence-electron chi connectivity index (χ1n) is 8.86. The lowest BCUT2D eigenvalue weighted by atomic mass is 9.83. The lowest BCUT2D eigenvalue weighted by molar-refractivity contribution is -0.0979. The van der Waals surface area contributed by atoms with Gasteiger partial charge in [-0.3, -0.25) is 0 Å². The summed E-state index contributed by atoms with van der Waals surface area (Å²) in [7, 11) is 0. The van der Waals surface area contributed by atoms with Crippen molar-refractivity contribution in [2.75, 3.05) is 6.61 Å². The van der Waals surface area contributed by atoms with E-state index >= 15 is 0 Å². The summed E-state index contributed by atoms with van der Waals surface area (Å²) in [6.45, 7) is 1.62. The molecular weight excluding hydrogens is 312 g/mol. The second-order valence-corrected chi connectivity index (χ2v) is 6.49. The molecule has 0 aromatic rings. The molecule has 6 N–H and O–H groups in total. The van der Waals surface area contributed by atoms with Crippen molar-refractivity contribution in [2.24, 2.45) is 0 Å². The number of unbranched alkanes of at least 4 members (excludes halogenated alkanes) is 5. The van der Waals surface area contributed by atoms with Crippen LogP contribution in [0.15, 0.2) is 23.3 Å². The molecular formula is C18H32O6. The minimum Gasteiger partial charge on any atom is -0.392 e. The van der Waals surface area contributed by atoms with Gasteiger partial charge in [0.2, 0.25) is 0 Å². The molecule has 0 saturated heterocycles. The summed E-state index contributed by atoms with van der Waals surface area (Å²) in [4.78, 5) is 0. The Kier molecular flexibility index (Phi) is 9.73. The van der Waals surface area contributed by atoms with Crippen molar-refractivity contribution in [3.63, 3.8) is 0 Å². The number of aliphatic hydroxyl groups is 6. The molecule has 1 rings (SSSR count). The standard InChI is InChI=1S/C18H32O6/c1-2-3-4-5-6-7-8-12(20)9-10-13-14(11-19)16(22)18(24)17(23)15(13)21/h9-10,12,15-24H,2-8,11H2,1H3. The molecule has 0 aromatic heterocycles. The molecule has 0 fully saturated rings. The fraction of sp³-hybridized carbons (Fsp3) is 0.778. The van der Waals surface area contributed by atoms with Crippen LogP contribution in [-0.2, 0) is 0 Å². The zero-order chi connectivity index (χ0) is 18.1. The summed E-state index contributed by atoms with van der Waals surface area (Å²) in [6.07, 6.45) is 3.59. The first-order chi connectivity index (χ1) is 11.4. The molecule has 0 aromatic carbocycles. The van der Waals surface area contributed by atoms with E-state index in [2.05, 4.69) is 6.92 Å². The third kappa shape index (κ3) is 5.95. The average molecular weight is 344 g/mol. The molecule has 0 saturated carbocycles. The Balaban J connectivity index is 2.58. The van der Waals surface area contributed by atoms with E-state index in [1.165, 1.54) is 31.4 Å². The summed E-state index contributed by atoms with van der Waals surface area (Å²) < 4.78 is 0. The maximum atomic E-state index is 10.0. The van der Waals surface area contributed by atoms with E-state index in [1.54, 1.807) is 0 Å². The lowest BCUT2D eigenvalue weighted by Crippen LogP contribution is -2.51. The van der Waals surface area contributed by atoms with Gasteiger partial charge in [-0.25, -0.2) is 0 Å². The molecule has 140 valence electrons. The van der Waals surface area contributed by atoms with Crippen LogP contribution < -0.4 is 0 Å². The maximum absolute atomic E-state index is 10.0. The molecule has 1 aliphatic rings. The number of hydrogen-bond acceptors (Lipinski definition) is 6. The minimum absolute atomic E-state index is 0.0586. The molecule has 0 amide bonds. The van der Waals surface area contributed by atoms with E-state index in [4.69, 9.17) is 0 Å². The van der Waals surface area contributed by atoms with Crippen LogP contribution in [0.3, 0.4) is 0 Å². The van der Waals surface area contributed by atoms with Crippen molar-refractivity contribution in [3.05, 3.63) is 23.3 Å². The monoisotopic (exact) mass is 344 g/mol. The van der Waals surface area contributed by atoms with Crippen LogP contribution in [-0.4, -0.2) is 67.8 Å². The van der Waals surface area contributed by atoms with E-state index in [0.717, 1.165) is 19.3 Å². The maximum Gasteiger partial charge on any atom is 0.113 e. The molecule has 24 heavy (non-hydrogen) atoms. The second kappa shape index (κ2) is 11.0. The lowest BCUT2D eigenvalue weighted by Gasteiger charge is -2.35. The minimum atomic E-state index is -1.55. The van der Waals surface area contributed by atoms with Crippen molar-refractivity contribution < 1.29 is 30.6 Å². The van der Waals surface area contributed by atoms with Crippen molar-refractivity contribution in [2.45, 2.75) is 82.4 Å². The van der Waals surface area contributed by atoms with Gasteiger partial charge in [0, 0.05) is 0 Å². The topological polar surface area (TPSA) is 121 Å². The number of aliphatic hydroxyl groups excluding tert-OH is 6. The number of rotatable bonds is 10. The van der Waals surface area contributed by atoms with Gasteiger partial charge in [0.25, 0.3) is 0 Å². The Labute approximate surface area is 143 Å². The first kappa shape index (κ1) is 21.3. The van der Waals surface area contributed by atoms with Crippen LogP contribution in [0.25, 0.3) is 0 Å². The molecule has 6 heteroatoms. The zero-order valence-corrected chi connectivity index (χ0v) is 14.4. The van der Waals surface area contributed by atoms with E-state index in [1.807, 2.05) is 0 Å². The van der Waals surface area contributed by atoms with Gasteiger partial charge in [-0.15, -0.1) is 0 Å². The molecule has 5 unspecified atom stereocenters. The van der Waals surface area contributed by atoms with E-state index in [9.17, 15) is 30.6 Å². The average Bonchev–Trinajstić information content (AvgIpc) is 2.58. The van der Waals surface area contributed by atoms with Gasteiger partial charge >= 0.3 is 0 Å². The second-order valence-electron chi connectivity index (χ2n) is 6.49. The molecule has 6 nitrogen and oxygen atoms in total.